The molecule has 172 valence electrons. The number of nitrogens with one attached hydrogen (secondary N) is 1. The van der Waals surface area contributed by atoms with Crippen LogP contribution in [0.2, 0.25) is 0 Å². The van der Waals surface area contributed by atoms with Crippen molar-refractivity contribution in [3.63, 3.8) is 0 Å². The lowest BCUT2D eigenvalue weighted by Gasteiger charge is -2.31. The molecule has 1 aromatic heterocycles. The number of aromatic nitrogens is 2. The van der Waals surface area contributed by atoms with Crippen LogP contribution in [-0.2, 0) is 4.79 Å². The number of hydrogen-bond donors (Lipinski definition) is 1. The summed E-state index contributed by atoms with van der Waals surface area (Å²) in [6, 6.07) is 5.21. The highest BCUT2D eigenvalue weighted by Crippen LogP contribution is 2.36. The van der Waals surface area contributed by atoms with Crippen molar-refractivity contribution in [3.05, 3.63) is 60.7 Å². The van der Waals surface area contributed by atoms with Crippen molar-refractivity contribution in [2.45, 2.75) is 18.9 Å². The van der Waals surface area contributed by atoms with Crippen LogP contribution < -0.4 is 14.8 Å². The normalized spacial score (nSPS) is 14.2. The van der Waals surface area contributed by atoms with Crippen LogP contribution in [0.25, 0.3) is 10.9 Å². The number of carbonyl (C=O) groups is 1. The van der Waals surface area contributed by atoms with E-state index in [-0.39, 0.29) is 23.5 Å². The van der Waals surface area contributed by atoms with Gasteiger partial charge in [-0.2, -0.15) is 0 Å². The second kappa shape index (κ2) is 9.35. The maximum absolute atomic E-state index is 14.2. The van der Waals surface area contributed by atoms with E-state index in [1.54, 1.807) is 17.0 Å². The van der Waals surface area contributed by atoms with Gasteiger partial charge in [0, 0.05) is 37.4 Å². The number of hydrogen-bond acceptors (Lipinski definition) is 6. The van der Waals surface area contributed by atoms with E-state index in [2.05, 4.69) is 21.9 Å². The molecule has 0 aliphatic carbocycles. The van der Waals surface area contributed by atoms with E-state index < -0.39 is 17.5 Å². The van der Waals surface area contributed by atoms with Crippen molar-refractivity contribution in [1.82, 2.24) is 14.9 Å². The van der Waals surface area contributed by atoms with Crippen LogP contribution >= 0.6 is 0 Å². The predicted octanol–water partition coefficient (Wildman–Crippen LogP) is 4.36. The first kappa shape index (κ1) is 22.4. The van der Waals surface area contributed by atoms with Crippen LogP contribution in [0, 0.1) is 17.5 Å². The highest BCUT2D eigenvalue weighted by molar-refractivity contribution is 5.93. The molecule has 4 rings (SSSR count). The minimum Gasteiger partial charge on any atom is -0.493 e. The molecule has 1 saturated heterocycles. The summed E-state index contributed by atoms with van der Waals surface area (Å²) in [5.41, 5.74) is 0.206. The van der Waals surface area contributed by atoms with Crippen molar-refractivity contribution in [3.8, 4) is 11.5 Å². The molecule has 7 nitrogen and oxygen atoms in total. The lowest BCUT2D eigenvalue weighted by molar-refractivity contribution is -0.127. The van der Waals surface area contributed by atoms with Gasteiger partial charge in [0.2, 0.25) is 5.91 Å². The van der Waals surface area contributed by atoms with Crippen molar-refractivity contribution in [2.24, 2.45) is 0 Å². The van der Waals surface area contributed by atoms with Crippen LogP contribution in [0.4, 0.5) is 24.7 Å². The molecule has 0 spiro atoms. The zero-order chi connectivity index (χ0) is 23.5. The van der Waals surface area contributed by atoms with E-state index in [0.29, 0.717) is 48.3 Å². The lowest BCUT2D eigenvalue weighted by Crippen LogP contribution is -2.41. The molecule has 0 unspecified atom stereocenters. The maximum atomic E-state index is 14.2. The zero-order valence-electron chi connectivity index (χ0n) is 17.8. The fourth-order valence-electron chi connectivity index (χ4n) is 3.67. The summed E-state index contributed by atoms with van der Waals surface area (Å²) in [5.74, 6) is -3.29. The van der Waals surface area contributed by atoms with Gasteiger partial charge in [-0.3, -0.25) is 4.79 Å². The maximum Gasteiger partial charge on any atom is 0.245 e. The minimum absolute atomic E-state index is 0.117. The van der Waals surface area contributed by atoms with Gasteiger partial charge >= 0.3 is 0 Å². The Labute approximate surface area is 187 Å². The van der Waals surface area contributed by atoms with Gasteiger partial charge in [0.15, 0.2) is 29.0 Å². The van der Waals surface area contributed by atoms with Crippen molar-refractivity contribution in [1.29, 1.82) is 0 Å². The molecule has 1 aliphatic rings. The molecule has 1 N–H and O–H groups in total. The highest BCUT2D eigenvalue weighted by atomic mass is 19.2. The number of rotatable bonds is 6. The number of likely N-dealkylation sites (tertiary alicyclic amines) is 1. The Morgan fingerprint density at radius 3 is 2.61 bits per heavy atom. The first-order chi connectivity index (χ1) is 15.9. The molecule has 2 aromatic carbocycles. The number of anilines is 2. The van der Waals surface area contributed by atoms with E-state index in [9.17, 15) is 18.0 Å². The highest BCUT2D eigenvalue weighted by Gasteiger charge is 2.24. The summed E-state index contributed by atoms with van der Waals surface area (Å²) in [6.45, 7) is 4.58. The number of ether oxygens (including phenoxy) is 2. The van der Waals surface area contributed by atoms with Gasteiger partial charge in [-0.15, -0.1) is 0 Å². The molecule has 0 atom stereocenters. The van der Waals surface area contributed by atoms with Gasteiger partial charge in [0.1, 0.15) is 18.2 Å². The third-order valence-electron chi connectivity index (χ3n) is 5.43. The average molecular weight is 458 g/mol. The first-order valence-corrected chi connectivity index (χ1v) is 10.2. The molecule has 0 radical (unpaired) electrons. The number of benzene rings is 2. The second-order valence-corrected chi connectivity index (χ2v) is 7.44. The Bertz CT molecular complexity index is 1210. The Balaban J connectivity index is 1.63. The third kappa shape index (κ3) is 4.55. The summed E-state index contributed by atoms with van der Waals surface area (Å²) in [7, 11) is 1.50. The molecule has 1 amide bonds. The molecule has 0 bridgehead atoms. The number of methoxy groups -OCH3 is 1. The topological polar surface area (TPSA) is 76.6 Å². The number of fused-ring (bicyclic) bond motifs is 1. The smallest absolute Gasteiger partial charge is 0.245 e. The van der Waals surface area contributed by atoms with Crippen LogP contribution in [-0.4, -0.2) is 47.1 Å². The number of nitrogens with zero attached hydrogens (tertiary/aromatic N) is 3. The van der Waals surface area contributed by atoms with E-state index in [1.165, 1.54) is 19.5 Å². The largest absolute Gasteiger partial charge is 0.493 e. The Hall–Kier alpha value is -3.82. The zero-order valence-corrected chi connectivity index (χ0v) is 17.8. The first-order valence-electron chi connectivity index (χ1n) is 10.2. The van der Waals surface area contributed by atoms with Crippen LogP contribution in [0.3, 0.4) is 0 Å². The van der Waals surface area contributed by atoms with Crippen LogP contribution in [0.15, 0.2) is 43.2 Å². The van der Waals surface area contributed by atoms with Gasteiger partial charge in [-0.1, -0.05) is 6.58 Å². The summed E-state index contributed by atoms with van der Waals surface area (Å²) < 4.78 is 52.7. The number of halogens is 3. The lowest BCUT2D eigenvalue weighted by atomic mass is 10.1. The van der Waals surface area contributed by atoms with Crippen molar-refractivity contribution < 1.29 is 27.4 Å². The number of piperidine rings is 1. The Morgan fingerprint density at radius 1 is 1.15 bits per heavy atom. The average Bonchev–Trinajstić information content (AvgIpc) is 2.84. The van der Waals surface area contributed by atoms with Crippen molar-refractivity contribution >= 4 is 28.3 Å². The monoisotopic (exact) mass is 458 g/mol. The van der Waals surface area contributed by atoms with E-state index in [1.807, 2.05) is 0 Å². The molecule has 10 heteroatoms. The van der Waals surface area contributed by atoms with Crippen LogP contribution in [0.1, 0.15) is 12.8 Å². The van der Waals surface area contributed by atoms with E-state index in [4.69, 9.17) is 9.47 Å². The number of amides is 1. The Kier molecular flexibility index (Phi) is 6.34. The number of carbonyl (C=O) groups excluding carboxylic acids is 1. The van der Waals surface area contributed by atoms with E-state index in [0.717, 1.165) is 12.1 Å². The molecule has 0 saturated carbocycles. The van der Waals surface area contributed by atoms with Gasteiger partial charge in [-0.25, -0.2) is 23.1 Å². The molecule has 2 heterocycles. The van der Waals surface area contributed by atoms with Gasteiger partial charge in [-0.05, 0) is 24.3 Å². The molecular weight excluding hydrogens is 437 g/mol. The predicted molar refractivity (Wildman–Crippen MR) is 116 cm³/mol. The minimum atomic E-state index is -1.58. The summed E-state index contributed by atoms with van der Waals surface area (Å²) >= 11 is 0. The fourth-order valence-corrected chi connectivity index (χ4v) is 3.67. The van der Waals surface area contributed by atoms with Crippen LogP contribution in [0.5, 0.6) is 11.5 Å². The second-order valence-electron chi connectivity index (χ2n) is 7.44. The molecule has 33 heavy (non-hydrogen) atoms. The summed E-state index contributed by atoms with van der Waals surface area (Å²) in [5, 5.41) is 3.16. The molecule has 3 aromatic rings. The van der Waals surface area contributed by atoms with Gasteiger partial charge in [0.05, 0.1) is 18.3 Å². The standard InChI is InChI=1S/C23H21F3N4O3/c1-3-20(31)30-8-6-13(7-9-30)33-19-10-14-17(11-18(19)32-2)27-12-28-23(14)29-16-5-4-15(24)21(25)22(16)26/h3-5,10-13H,1,6-9H2,2H3,(H,27,28,29). The third-order valence-corrected chi connectivity index (χ3v) is 5.43. The Morgan fingerprint density at radius 2 is 1.91 bits per heavy atom. The van der Waals surface area contributed by atoms with Crippen molar-refractivity contribution in [2.75, 3.05) is 25.5 Å². The van der Waals surface area contributed by atoms with Gasteiger partial charge in [0.25, 0.3) is 0 Å². The quantitative estimate of drug-likeness (QED) is 0.437. The van der Waals surface area contributed by atoms with E-state index >= 15 is 0 Å². The SMILES string of the molecule is C=CC(=O)N1CCC(Oc2cc3c(Nc4ccc(F)c(F)c4F)ncnc3cc2OC)CC1. The summed E-state index contributed by atoms with van der Waals surface area (Å²) in [6.07, 6.45) is 3.64. The molecule has 1 fully saturated rings. The van der Waals surface area contributed by atoms with Gasteiger partial charge < -0.3 is 19.7 Å². The summed E-state index contributed by atoms with van der Waals surface area (Å²) in [4.78, 5) is 21.8. The molecule has 1 aliphatic heterocycles. The molecular formula is C23H21F3N4O3. The fraction of sp³-hybridized carbons (Fsp3) is 0.261.